The van der Waals surface area contributed by atoms with E-state index in [0.29, 0.717) is 0 Å². The molecule has 3 nitrogen and oxygen atoms in total. The van der Waals surface area contributed by atoms with Crippen molar-refractivity contribution in [1.29, 1.82) is 0 Å². The summed E-state index contributed by atoms with van der Waals surface area (Å²) in [5, 5.41) is 0. The van der Waals surface area contributed by atoms with Gasteiger partial charge in [0, 0.05) is 11.6 Å². The van der Waals surface area contributed by atoms with E-state index in [1.54, 1.807) is 7.11 Å². The summed E-state index contributed by atoms with van der Waals surface area (Å²) in [5.41, 5.74) is 7.36. The maximum absolute atomic E-state index is 5.12. The number of rotatable bonds is 3. The maximum atomic E-state index is 5.12. The van der Waals surface area contributed by atoms with Crippen molar-refractivity contribution in [3.63, 3.8) is 0 Å². The van der Waals surface area contributed by atoms with Crippen LogP contribution in [0.1, 0.15) is 20.8 Å². The number of nitrogens with one attached hydrogen (secondary N) is 2. The van der Waals surface area contributed by atoms with Crippen LogP contribution in [0.25, 0.3) is 0 Å². The Hall–Kier alpha value is -1.22. The minimum absolute atomic E-state index is 0.0447. The van der Waals surface area contributed by atoms with Crippen LogP contribution in [-0.4, -0.2) is 12.6 Å². The van der Waals surface area contributed by atoms with Crippen molar-refractivity contribution in [2.75, 3.05) is 12.5 Å². The molecule has 0 aliphatic rings. The predicted molar refractivity (Wildman–Crippen MR) is 59.5 cm³/mol. The Balaban J connectivity index is 2.59. The zero-order valence-electron chi connectivity index (χ0n) is 9.22. The standard InChI is InChI=1S/C11H18N2O/c1-11(2,3)13-12-9-6-5-7-10(8-9)14-4/h5-8,12-13H,1-4H3. The van der Waals surface area contributed by atoms with Crippen LogP contribution < -0.4 is 15.6 Å². The van der Waals surface area contributed by atoms with Gasteiger partial charge in [-0.2, -0.15) is 0 Å². The number of ether oxygens (including phenoxy) is 1. The van der Waals surface area contributed by atoms with E-state index in [1.807, 2.05) is 24.3 Å². The zero-order chi connectivity index (χ0) is 10.6. The van der Waals surface area contributed by atoms with E-state index in [-0.39, 0.29) is 5.54 Å². The molecule has 1 aromatic carbocycles. The van der Waals surface area contributed by atoms with E-state index in [9.17, 15) is 0 Å². The molecule has 0 amide bonds. The largest absolute Gasteiger partial charge is 0.497 e. The fourth-order valence-corrected chi connectivity index (χ4v) is 0.960. The lowest BCUT2D eigenvalue weighted by molar-refractivity contribution is 0.414. The van der Waals surface area contributed by atoms with Gasteiger partial charge >= 0.3 is 0 Å². The van der Waals surface area contributed by atoms with Crippen LogP contribution in [0.5, 0.6) is 5.75 Å². The summed E-state index contributed by atoms with van der Waals surface area (Å²) in [5.74, 6) is 0.853. The van der Waals surface area contributed by atoms with E-state index in [1.165, 1.54) is 0 Å². The summed E-state index contributed by atoms with van der Waals surface area (Å²) in [7, 11) is 1.66. The van der Waals surface area contributed by atoms with Crippen LogP contribution in [0.15, 0.2) is 24.3 Å². The van der Waals surface area contributed by atoms with Gasteiger partial charge in [0.25, 0.3) is 0 Å². The van der Waals surface area contributed by atoms with Crippen molar-refractivity contribution in [3.8, 4) is 5.75 Å². The highest BCUT2D eigenvalue weighted by molar-refractivity contribution is 5.47. The van der Waals surface area contributed by atoms with Gasteiger partial charge in [0.15, 0.2) is 0 Å². The molecule has 0 unspecified atom stereocenters. The van der Waals surface area contributed by atoms with Gasteiger partial charge in [-0.1, -0.05) is 6.07 Å². The third-order valence-corrected chi connectivity index (χ3v) is 1.65. The van der Waals surface area contributed by atoms with Crippen LogP contribution in [0.3, 0.4) is 0 Å². The Morgan fingerprint density at radius 3 is 2.50 bits per heavy atom. The molecule has 78 valence electrons. The number of hydrogen-bond donors (Lipinski definition) is 2. The molecular formula is C11H18N2O. The third-order valence-electron chi connectivity index (χ3n) is 1.65. The van der Waals surface area contributed by atoms with Crippen molar-refractivity contribution < 1.29 is 4.74 Å². The Kier molecular flexibility index (Phi) is 3.36. The summed E-state index contributed by atoms with van der Waals surface area (Å²) in [6, 6.07) is 7.80. The topological polar surface area (TPSA) is 33.3 Å². The van der Waals surface area contributed by atoms with Gasteiger partial charge < -0.3 is 10.2 Å². The second-order valence-electron chi connectivity index (χ2n) is 4.23. The molecule has 0 saturated heterocycles. The molecule has 0 aromatic heterocycles. The molecule has 3 heteroatoms. The molecule has 0 bridgehead atoms. The first kappa shape index (κ1) is 10.9. The lowest BCUT2D eigenvalue weighted by Crippen LogP contribution is -2.40. The van der Waals surface area contributed by atoms with E-state index < -0.39 is 0 Å². The van der Waals surface area contributed by atoms with Gasteiger partial charge in [-0.3, -0.25) is 0 Å². The fourth-order valence-electron chi connectivity index (χ4n) is 0.960. The van der Waals surface area contributed by atoms with Crippen LogP contribution >= 0.6 is 0 Å². The number of methoxy groups -OCH3 is 1. The SMILES string of the molecule is COc1cccc(NNC(C)(C)C)c1. The molecule has 0 atom stereocenters. The summed E-state index contributed by atoms with van der Waals surface area (Å²) in [4.78, 5) is 0. The fraction of sp³-hybridized carbons (Fsp3) is 0.455. The molecule has 1 rings (SSSR count). The highest BCUT2D eigenvalue weighted by atomic mass is 16.5. The first-order valence-electron chi connectivity index (χ1n) is 4.68. The summed E-state index contributed by atoms with van der Waals surface area (Å²) >= 11 is 0. The van der Waals surface area contributed by atoms with Gasteiger partial charge in [0.1, 0.15) is 5.75 Å². The van der Waals surface area contributed by atoms with Crippen LogP contribution in [0, 0.1) is 0 Å². The predicted octanol–water partition coefficient (Wildman–Crippen LogP) is 2.41. The molecule has 0 spiro atoms. The monoisotopic (exact) mass is 194 g/mol. The van der Waals surface area contributed by atoms with Crippen LogP contribution in [0.4, 0.5) is 5.69 Å². The maximum Gasteiger partial charge on any atom is 0.120 e. The molecular weight excluding hydrogens is 176 g/mol. The smallest absolute Gasteiger partial charge is 0.120 e. The van der Waals surface area contributed by atoms with Gasteiger partial charge in [0.05, 0.1) is 12.8 Å². The highest BCUT2D eigenvalue weighted by Gasteiger charge is 2.07. The first-order valence-corrected chi connectivity index (χ1v) is 4.68. The molecule has 0 aliphatic heterocycles. The number of hydrogen-bond acceptors (Lipinski definition) is 3. The van der Waals surface area contributed by atoms with Crippen molar-refractivity contribution in [1.82, 2.24) is 5.43 Å². The van der Waals surface area contributed by atoms with E-state index in [2.05, 4.69) is 31.6 Å². The zero-order valence-corrected chi connectivity index (χ0v) is 9.22. The minimum Gasteiger partial charge on any atom is -0.497 e. The average molecular weight is 194 g/mol. The lowest BCUT2D eigenvalue weighted by atomic mass is 10.1. The molecule has 14 heavy (non-hydrogen) atoms. The Labute approximate surface area is 85.4 Å². The van der Waals surface area contributed by atoms with E-state index in [0.717, 1.165) is 11.4 Å². The quantitative estimate of drug-likeness (QED) is 0.725. The summed E-state index contributed by atoms with van der Waals surface area (Å²) in [6.45, 7) is 6.29. The molecule has 0 fully saturated rings. The second kappa shape index (κ2) is 4.33. The van der Waals surface area contributed by atoms with Crippen LogP contribution in [0.2, 0.25) is 0 Å². The molecule has 0 aliphatic carbocycles. The number of anilines is 1. The van der Waals surface area contributed by atoms with Crippen molar-refractivity contribution in [3.05, 3.63) is 24.3 Å². The van der Waals surface area contributed by atoms with Crippen molar-refractivity contribution >= 4 is 5.69 Å². The molecule has 1 aromatic rings. The Bertz CT molecular complexity index is 292. The Morgan fingerprint density at radius 1 is 1.21 bits per heavy atom. The highest BCUT2D eigenvalue weighted by Crippen LogP contribution is 2.16. The van der Waals surface area contributed by atoms with Crippen molar-refractivity contribution in [2.24, 2.45) is 0 Å². The molecule has 0 heterocycles. The first-order chi connectivity index (χ1) is 6.51. The summed E-state index contributed by atoms with van der Waals surface area (Å²) < 4.78 is 5.12. The second-order valence-corrected chi connectivity index (χ2v) is 4.23. The third kappa shape index (κ3) is 3.66. The van der Waals surface area contributed by atoms with E-state index >= 15 is 0 Å². The molecule has 0 radical (unpaired) electrons. The number of hydrazine groups is 1. The molecule has 0 saturated carbocycles. The average Bonchev–Trinajstić information content (AvgIpc) is 2.14. The van der Waals surface area contributed by atoms with Gasteiger partial charge in [0.2, 0.25) is 0 Å². The van der Waals surface area contributed by atoms with Gasteiger partial charge in [-0.15, -0.1) is 0 Å². The normalized spacial score (nSPS) is 11.1. The van der Waals surface area contributed by atoms with Crippen LogP contribution in [-0.2, 0) is 0 Å². The van der Waals surface area contributed by atoms with Gasteiger partial charge in [-0.25, -0.2) is 5.43 Å². The summed E-state index contributed by atoms with van der Waals surface area (Å²) in [6.07, 6.45) is 0. The number of benzene rings is 1. The van der Waals surface area contributed by atoms with E-state index in [4.69, 9.17) is 4.74 Å². The van der Waals surface area contributed by atoms with Gasteiger partial charge in [-0.05, 0) is 32.9 Å². The minimum atomic E-state index is 0.0447. The Morgan fingerprint density at radius 2 is 1.93 bits per heavy atom. The van der Waals surface area contributed by atoms with Crippen molar-refractivity contribution in [2.45, 2.75) is 26.3 Å². The molecule has 2 N–H and O–H groups in total. The lowest BCUT2D eigenvalue weighted by Gasteiger charge is -2.22.